The Bertz CT molecular complexity index is 557. The fourth-order valence-electron chi connectivity index (χ4n) is 0.501. The number of hydrogen-bond acceptors (Lipinski definition) is 2. The number of aliphatic carboxylic acids is 1. The van der Waals surface area contributed by atoms with E-state index in [1.807, 2.05) is 0 Å². The van der Waals surface area contributed by atoms with Crippen LogP contribution in [-0.2, 0) is 11.2 Å². The summed E-state index contributed by atoms with van der Waals surface area (Å²) < 4.78 is 60.0. The molecule has 0 aromatic heterocycles. The molecule has 0 saturated carbocycles. The van der Waals surface area contributed by atoms with Gasteiger partial charge in [0.15, 0.2) is 0 Å². The third-order valence-corrected chi connectivity index (χ3v) is 0.990. The number of benzene rings is 1. The lowest BCUT2D eigenvalue weighted by atomic mass is 11.1. The van der Waals surface area contributed by atoms with Gasteiger partial charge in [0.25, 0.3) is 0 Å². The Morgan fingerprint density at radius 3 is 2.83 bits per heavy atom. The van der Waals surface area contributed by atoms with Gasteiger partial charge in [0, 0.05) is 2.74 Å². The van der Waals surface area contributed by atoms with Crippen molar-refractivity contribution in [1.82, 2.24) is 0 Å². The highest BCUT2D eigenvalue weighted by Crippen LogP contribution is 2.01. The van der Waals surface area contributed by atoms with Crippen LogP contribution in [0.25, 0.3) is 0 Å². The minimum atomic E-state index is -3.21. The van der Waals surface area contributed by atoms with E-state index in [-0.39, 0.29) is 0 Å². The molecule has 0 bridgehead atoms. The van der Waals surface area contributed by atoms with Gasteiger partial charge in [-0.15, -0.1) is 0 Å². The molecule has 0 unspecified atom stereocenters. The third-order valence-electron chi connectivity index (χ3n) is 0.990. The zero-order valence-corrected chi connectivity index (χ0v) is 5.93. The fourth-order valence-corrected chi connectivity index (χ4v) is 0.501. The standard InChI is InChI=1S/C9H11NO2/c10-8(9(11)12)6-7-4-2-1-3-5-7/h1-5,8H,6,10H2,(H,11,12)/t8-/m0/s1/i1+1D,2+1D,3+1D,4+1D,5+1D,6+1D2,7+1,8+1D,9+1,10+1. The molecule has 1 rings (SSSR count). The Balaban J connectivity index is 3.76. The summed E-state index contributed by atoms with van der Waals surface area (Å²) in [5.74, 6) is -2.02. The molecule has 0 saturated heterocycles. The fraction of sp³-hybridized carbons (Fsp3) is 0.222. The van der Waals surface area contributed by atoms with Crippen molar-refractivity contribution in [2.24, 2.45) is 5.73 Å². The largest absolute Gasteiger partial charge is 0.480 e. The van der Waals surface area contributed by atoms with E-state index in [1.165, 1.54) is 0 Å². The van der Waals surface area contributed by atoms with E-state index in [1.54, 1.807) is 0 Å². The molecule has 0 heterocycles. The van der Waals surface area contributed by atoms with E-state index >= 15 is 0 Å². The first-order valence-corrected chi connectivity index (χ1v) is 2.97. The van der Waals surface area contributed by atoms with Gasteiger partial charge in [-0.25, -0.2) is 0 Å². The highest BCUT2D eigenvalue weighted by Gasteiger charge is 2.10. The summed E-state index contributed by atoms with van der Waals surface area (Å²) in [7, 11) is 0. The summed E-state index contributed by atoms with van der Waals surface area (Å²) in [6.45, 7) is 0. The van der Waals surface area contributed by atoms with E-state index in [9.17, 15) is 4.79 Å². The summed E-state index contributed by atoms with van der Waals surface area (Å²) in [4.78, 5) is 10.9. The molecule has 1 atom stereocenters. The Morgan fingerprint density at radius 1 is 1.75 bits per heavy atom. The quantitative estimate of drug-likeness (QED) is 0.534. The number of carboxylic acids is 1. The summed E-state index contributed by atoms with van der Waals surface area (Å²) in [5, 5.41) is 8.81. The van der Waals surface area contributed by atoms with Crippen LogP contribution in [0.5, 0.6) is 0 Å². The normalized spacial score (nSPS) is 25.8. The van der Waals surface area contributed by atoms with Gasteiger partial charge < -0.3 is 10.8 Å². The van der Waals surface area contributed by atoms with Crippen molar-refractivity contribution >= 4 is 5.97 Å². The summed E-state index contributed by atoms with van der Waals surface area (Å²) in [6.07, 6.45) is -3.19. The van der Waals surface area contributed by atoms with Crippen molar-refractivity contribution in [2.75, 3.05) is 0 Å². The van der Waals surface area contributed by atoms with Gasteiger partial charge in [0.2, 0.25) is 0 Å². The Labute approximate surface area is 82.1 Å². The predicted octanol–water partition coefficient (Wildman–Crippen LogP) is 0.641. The zero-order chi connectivity index (χ0) is 16.0. The minimum Gasteiger partial charge on any atom is -0.480 e. The summed E-state index contributed by atoms with van der Waals surface area (Å²) >= 11 is 0. The van der Waals surface area contributed by atoms with Crippen molar-refractivity contribution < 1.29 is 20.9 Å². The first-order chi connectivity index (χ1) is 8.87. The van der Waals surface area contributed by atoms with Crippen LogP contribution >= 0.6 is 0 Å². The van der Waals surface area contributed by atoms with Gasteiger partial charge in [0.1, 0.15) is 6.02 Å². The highest BCUT2D eigenvalue weighted by molar-refractivity contribution is 5.73. The monoisotopic (exact) mass is 183 g/mol. The van der Waals surface area contributed by atoms with Gasteiger partial charge in [-0.1, -0.05) is 30.2 Å². The molecule has 0 spiro atoms. The molecule has 3 N–H and O–H groups in total. The number of hydrogen-bond donors (Lipinski definition) is 2. The average Bonchev–Trinajstić information content (AvgIpc) is 2.33. The van der Waals surface area contributed by atoms with Crippen LogP contribution in [0.2, 0.25) is 0 Å². The molecule has 3 nitrogen and oxygen atoms in total. The van der Waals surface area contributed by atoms with Crippen LogP contribution in [-0.4, -0.2) is 17.1 Å². The second kappa shape index (κ2) is 3.88. The van der Waals surface area contributed by atoms with Crippen molar-refractivity contribution in [1.29, 1.82) is 0 Å². The average molecular weight is 183 g/mol. The van der Waals surface area contributed by atoms with E-state index < -0.39 is 54.1 Å². The number of rotatable bonds is 3. The molecule has 0 amide bonds. The molecule has 12 heavy (non-hydrogen) atoms. The third kappa shape index (κ3) is 2.36. The van der Waals surface area contributed by atoms with E-state index in [4.69, 9.17) is 21.8 Å². The summed E-state index contributed by atoms with van der Waals surface area (Å²) in [5.41, 5.74) is 4.15. The molecule has 0 aliphatic heterocycles. The minimum absolute atomic E-state index is 0.748. The smallest absolute Gasteiger partial charge is 0.320 e. The topological polar surface area (TPSA) is 63.3 Å². The van der Waals surface area contributed by atoms with Crippen LogP contribution in [0.15, 0.2) is 30.2 Å². The lowest BCUT2D eigenvalue weighted by Gasteiger charge is -2.04. The molecular weight excluding hydrogens is 164 g/mol. The van der Waals surface area contributed by atoms with Gasteiger partial charge >= 0.3 is 5.97 Å². The molecule has 1 aromatic rings. The van der Waals surface area contributed by atoms with E-state index in [0.29, 0.717) is 0 Å². The van der Waals surface area contributed by atoms with Crippen LogP contribution in [0, 0.1) is 0 Å². The highest BCUT2D eigenvalue weighted by atomic mass is 16.5. The van der Waals surface area contributed by atoms with Crippen molar-refractivity contribution in [3.8, 4) is 0 Å². The molecule has 0 aliphatic carbocycles. The zero-order valence-electron chi connectivity index (χ0n) is 13.9. The Kier molecular flexibility index (Phi) is 0.921. The second-order valence-corrected chi connectivity index (χ2v) is 1.84. The van der Waals surface area contributed by atoms with Crippen LogP contribution in [0.3, 0.4) is 0 Å². The maximum absolute atomic E-state index is 10.9. The van der Waals surface area contributed by atoms with Crippen molar-refractivity contribution in [2.45, 2.75) is 12.4 Å². The van der Waals surface area contributed by atoms with Gasteiger partial charge in [-0.05, 0) is 11.9 Å². The maximum Gasteiger partial charge on any atom is 0.320 e. The van der Waals surface area contributed by atoms with Crippen LogP contribution in [0.4, 0.5) is 0 Å². The van der Waals surface area contributed by atoms with Crippen LogP contribution in [0.1, 0.15) is 16.5 Å². The Morgan fingerprint density at radius 2 is 2.33 bits per heavy atom. The lowest BCUT2D eigenvalue weighted by Crippen LogP contribution is -2.32. The lowest BCUT2D eigenvalue weighted by molar-refractivity contribution is -0.138. The summed E-state index contributed by atoms with van der Waals surface area (Å²) in [6, 6.07) is -7.46. The predicted molar refractivity (Wildman–Crippen MR) is 45.8 cm³/mol. The molecule has 0 fully saturated rings. The van der Waals surface area contributed by atoms with E-state index in [2.05, 4.69) is 0 Å². The molecule has 1 aromatic carbocycles. The maximum atomic E-state index is 10.9. The Hall–Kier alpha value is -1.35. The SMILES string of the molecule is [2H][13c]1[13c]([2H])[13c]([2H])[13c]([13C]([2H])([2H])[13C@]([2H])([15NH2])[13C](=O)O)[13c]([2H])[13c]1[2H]. The van der Waals surface area contributed by atoms with Crippen molar-refractivity contribution in [3.05, 3.63) is 35.8 Å². The van der Waals surface area contributed by atoms with Crippen LogP contribution < -0.4 is 5.73 Å². The van der Waals surface area contributed by atoms with E-state index in [0.717, 1.165) is 0 Å². The molecule has 0 aliphatic rings. The molecule has 3 heteroatoms. The second-order valence-electron chi connectivity index (χ2n) is 1.84. The first kappa shape index (κ1) is 2.85. The van der Waals surface area contributed by atoms with Gasteiger partial charge in [-0.2, -0.15) is 0 Å². The number of nitrogens with two attached hydrogens (primary N) is 1. The molecular formula is C9H11NO2. The number of carboxylic acid groups (broad SMARTS) is 1. The first-order valence-electron chi connectivity index (χ1n) is 6.97. The van der Waals surface area contributed by atoms with Gasteiger partial charge in [0.05, 0.1) is 8.22 Å². The van der Waals surface area contributed by atoms with Gasteiger partial charge in [-0.3, -0.25) is 4.79 Å². The number of carbonyl (C=O) groups is 1. The van der Waals surface area contributed by atoms with Crippen molar-refractivity contribution in [3.63, 3.8) is 0 Å². The molecule has 0 radical (unpaired) electrons. The molecule has 64 valence electrons.